The van der Waals surface area contributed by atoms with Crippen molar-refractivity contribution in [3.63, 3.8) is 0 Å². The first-order valence-electron chi connectivity index (χ1n) is 12.7. The molecule has 1 unspecified atom stereocenters. The fourth-order valence-corrected chi connectivity index (χ4v) is 5.66. The van der Waals surface area contributed by atoms with E-state index in [4.69, 9.17) is 0 Å². The molecule has 0 aliphatic carbocycles. The van der Waals surface area contributed by atoms with Gasteiger partial charge in [0.05, 0.1) is 12.1 Å². The first kappa shape index (κ1) is 25.6. The highest BCUT2D eigenvalue weighted by Crippen LogP contribution is 2.31. The van der Waals surface area contributed by atoms with Crippen LogP contribution >= 0.6 is 22.6 Å². The first-order valence-corrected chi connectivity index (χ1v) is 13.8. The topological polar surface area (TPSA) is 60.9 Å². The van der Waals surface area contributed by atoms with Crippen LogP contribution in [0.3, 0.4) is 0 Å². The van der Waals surface area contributed by atoms with Crippen molar-refractivity contribution in [2.75, 3.05) is 18.0 Å². The molecule has 37 heavy (non-hydrogen) atoms. The third-order valence-corrected chi connectivity index (χ3v) is 8.00. The number of imide groups is 1. The molecule has 3 aromatic carbocycles. The number of likely N-dealkylation sites (tertiary alicyclic amines) is 1. The Morgan fingerprint density at radius 1 is 0.919 bits per heavy atom. The highest BCUT2D eigenvalue weighted by Gasteiger charge is 2.47. The number of hydrogen-bond donors (Lipinski definition) is 0. The first-order chi connectivity index (χ1) is 17.9. The highest BCUT2D eigenvalue weighted by atomic mass is 127. The molecule has 3 aromatic rings. The fraction of sp³-hybridized carbons (Fsp3) is 0.300. The molecular weight excluding hydrogens is 577 g/mol. The Bertz CT molecular complexity index is 1270. The predicted molar refractivity (Wildman–Crippen MR) is 152 cm³/mol. The van der Waals surface area contributed by atoms with E-state index in [2.05, 4.69) is 39.6 Å². The molecule has 2 aliphatic heterocycles. The van der Waals surface area contributed by atoms with Crippen LogP contribution in [0.1, 0.15) is 40.7 Å². The molecule has 0 saturated carbocycles. The van der Waals surface area contributed by atoms with E-state index in [9.17, 15) is 14.4 Å². The van der Waals surface area contributed by atoms with Crippen LogP contribution in [0.5, 0.6) is 0 Å². The number of carbonyl (C=O) groups is 3. The Kier molecular flexibility index (Phi) is 7.71. The van der Waals surface area contributed by atoms with E-state index < -0.39 is 6.04 Å². The van der Waals surface area contributed by atoms with Crippen molar-refractivity contribution < 1.29 is 14.4 Å². The van der Waals surface area contributed by atoms with E-state index in [1.54, 1.807) is 17.0 Å². The standard InChI is InChI=1S/C30H30IN3O3/c1-21-7-9-23(10-8-21)29(36)33(26-15-17-32(18-16-26)20-22-5-3-2-4-6-22)27-19-28(35)34(30(27)37)25-13-11-24(31)12-14-25/h2-14,26-27H,15-20H2,1H3. The van der Waals surface area contributed by atoms with Crippen LogP contribution in [0.25, 0.3) is 0 Å². The third-order valence-electron chi connectivity index (χ3n) is 7.28. The number of carbonyl (C=O) groups excluding carboxylic acids is 3. The normalized spacial score (nSPS) is 18.9. The van der Waals surface area contributed by atoms with Gasteiger partial charge in [-0.15, -0.1) is 0 Å². The molecule has 1 atom stereocenters. The number of rotatable bonds is 6. The molecule has 2 heterocycles. The van der Waals surface area contributed by atoms with Gasteiger partial charge in [-0.1, -0.05) is 48.0 Å². The Balaban J connectivity index is 1.39. The quantitative estimate of drug-likeness (QED) is 0.291. The van der Waals surface area contributed by atoms with Gasteiger partial charge in [0.25, 0.3) is 11.8 Å². The van der Waals surface area contributed by atoms with E-state index in [1.165, 1.54) is 10.5 Å². The van der Waals surface area contributed by atoms with Gasteiger partial charge in [0.2, 0.25) is 5.91 Å². The number of amides is 3. The Hall–Kier alpha value is -3.04. The minimum atomic E-state index is -0.800. The second-order valence-electron chi connectivity index (χ2n) is 9.84. The van der Waals surface area contributed by atoms with Crippen molar-refractivity contribution in [2.45, 2.75) is 44.8 Å². The monoisotopic (exact) mass is 607 g/mol. The number of halogens is 1. The molecule has 2 aliphatic rings. The maximum Gasteiger partial charge on any atom is 0.257 e. The summed E-state index contributed by atoms with van der Waals surface area (Å²) in [6.45, 7) is 4.49. The number of hydrogen-bond acceptors (Lipinski definition) is 4. The van der Waals surface area contributed by atoms with Gasteiger partial charge in [0, 0.05) is 34.8 Å². The SMILES string of the molecule is Cc1ccc(C(=O)N(C2CCN(Cc3ccccc3)CC2)C2CC(=O)N(c3ccc(I)cc3)C2=O)cc1. The van der Waals surface area contributed by atoms with Crippen molar-refractivity contribution in [2.24, 2.45) is 0 Å². The lowest BCUT2D eigenvalue weighted by molar-refractivity contribution is -0.123. The maximum atomic E-state index is 13.9. The largest absolute Gasteiger partial charge is 0.323 e. The molecule has 190 valence electrons. The summed E-state index contributed by atoms with van der Waals surface area (Å²) in [6, 6.07) is 24.2. The zero-order valence-electron chi connectivity index (χ0n) is 20.8. The minimum absolute atomic E-state index is 0.00660. The summed E-state index contributed by atoms with van der Waals surface area (Å²) in [5.74, 6) is -0.769. The Morgan fingerprint density at radius 2 is 1.57 bits per heavy atom. The smallest absolute Gasteiger partial charge is 0.257 e. The second kappa shape index (κ2) is 11.1. The number of anilines is 1. The molecule has 0 spiro atoms. The predicted octanol–water partition coefficient (Wildman–Crippen LogP) is 5.04. The van der Waals surface area contributed by atoms with Crippen LogP contribution in [-0.2, 0) is 16.1 Å². The van der Waals surface area contributed by atoms with Crippen molar-refractivity contribution >= 4 is 46.0 Å². The summed E-state index contributed by atoms with van der Waals surface area (Å²) < 4.78 is 1.02. The summed E-state index contributed by atoms with van der Waals surface area (Å²) in [4.78, 5) is 46.0. The lowest BCUT2D eigenvalue weighted by Gasteiger charge is -2.40. The fourth-order valence-electron chi connectivity index (χ4n) is 5.30. The van der Waals surface area contributed by atoms with E-state index in [0.717, 1.165) is 41.6 Å². The van der Waals surface area contributed by atoms with Crippen LogP contribution in [-0.4, -0.2) is 52.7 Å². The number of benzene rings is 3. The molecule has 0 bridgehead atoms. The van der Waals surface area contributed by atoms with Crippen molar-refractivity contribution in [3.8, 4) is 0 Å². The summed E-state index contributed by atoms with van der Waals surface area (Å²) in [5.41, 5.74) is 3.43. The summed E-state index contributed by atoms with van der Waals surface area (Å²) >= 11 is 2.19. The lowest BCUT2D eigenvalue weighted by Crippen LogP contribution is -2.54. The Labute approximate surface area is 231 Å². The van der Waals surface area contributed by atoms with Gasteiger partial charge >= 0.3 is 0 Å². The van der Waals surface area contributed by atoms with Crippen molar-refractivity contribution in [3.05, 3.63) is 99.1 Å². The van der Waals surface area contributed by atoms with Gasteiger partial charge in [-0.2, -0.15) is 0 Å². The van der Waals surface area contributed by atoms with E-state index >= 15 is 0 Å². The molecule has 5 rings (SSSR count). The lowest BCUT2D eigenvalue weighted by atomic mass is 9.98. The van der Waals surface area contributed by atoms with Gasteiger partial charge < -0.3 is 4.90 Å². The zero-order chi connectivity index (χ0) is 25.9. The zero-order valence-corrected chi connectivity index (χ0v) is 23.0. The average molecular weight is 607 g/mol. The molecule has 6 nitrogen and oxygen atoms in total. The van der Waals surface area contributed by atoms with E-state index in [-0.39, 0.29) is 30.2 Å². The number of aryl methyl sites for hydroxylation is 1. The van der Waals surface area contributed by atoms with Crippen molar-refractivity contribution in [1.82, 2.24) is 9.80 Å². The van der Waals surface area contributed by atoms with Crippen LogP contribution in [0.2, 0.25) is 0 Å². The molecule has 7 heteroatoms. The third kappa shape index (κ3) is 5.62. The second-order valence-corrected chi connectivity index (χ2v) is 11.1. The van der Waals surface area contributed by atoms with Crippen LogP contribution in [0, 0.1) is 10.5 Å². The molecule has 2 fully saturated rings. The highest BCUT2D eigenvalue weighted by molar-refractivity contribution is 14.1. The van der Waals surface area contributed by atoms with E-state index in [1.807, 2.05) is 61.5 Å². The molecule has 3 amide bonds. The molecule has 2 saturated heterocycles. The van der Waals surface area contributed by atoms with E-state index in [0.29, 0.717) is 11.3 Å². The van der Waals surface area contributed by atoms with Crippen LogP contribution in [0.15, 0.2) is 78.9 Å². The number of piperidine rings is 1. The molecule has 0 radical (unpaired) electrons. The van der Waals surface area contributed by atoms with Crippen molar-refractivity contribution in [1.29, 1.82) is 0 Å². The maximum absolute atomic E-state index is 13.9. The average Bonchev–Trinajstić information content (AvgIpc) is 3.20. The van der Waals surface area contributed by atoms with Gasteiger partial charge in [0.15, 0.2) is 0 Å². The number of nitrogens with zero attached hydrogens (tertiary/aromatic N) is 3. The molecule has 0 aromatic heterocycles. The van der Waals surface area contributed by atoms with Gasteiger partial charge in [0.1, 0.15) is 6.04 Å². The van der Waals surface area contributed by atoms with Crippen LogP contribution < -0.4 is 4.90 Å². The van der Waals surface area contributed by atoms with Gasteiger partial charge in [-0.25, -0.2) is 4.90 Å². The summed E-state index contributed by atoms with van der Waals surface area (Å²) in [5, 5.41) is 0. The molecular formula is C30H30IN3O3. The van der Waals surface area contributed by atoms with Gasteiger partial charge in [-0.05, 0) is 84.3 Å². The Morgan fingerprint density at radius 3 is 2.22 bits per heavy atom. The summed E-state index contributed by atoms with van der Waals surface area (Å²) in [6.07, 6.45) is 1.52. The van der Waals surface area contributed by atoms with Crippen LogP contribution in [0.4, 0.5) is 5.69 Å². The summed E-state index contributed by atoms with van der Waals surface area (Å²) in [7, 11) is 0. The molecule has 0 N–H and O–H groups in total. The van der Waals surface area contributed by atoms with Gasteiger partial charge in [-0.3, -0.25) is 19.3 Å². The minimum Gasteiger partial charge on any atom is -0.323 e.